The smallest absolute Gasteiger partial charge is 0.246 e. The predicted molar refractivity (Wildman–Crippen MR) is 86.1 cm³/mol. The molecule has 2 aromatic rings. The van der Waals surface area contributed by atoms with E-state index < -0.39 is 16.1 Å². The first kappa shape index (κ1) is 16.8. The fraction of sp³-hybridized carbons (Fsp3) is 0.538. The van der Waals surface area contributed by atoms with Gasteiger partial charge in [-0.3, -0.25) is 0 Å². The maximum Gasteiger partial charge on any atom is 0.246 e. The summed E-state index contributed by atoms with van der Waals surface area (Å²) in [6.07, 6.45) is 2.03. The second kappa shape index (κ2) is 6.86. The average molecular weight is 378 g/mol. The van der Waals surface area contributed by atoms with E-state index in [1.54, 1.807) is 0 Å². The molecule has 0 aliphatic carbocycles. The van der Waals surface area contributed by atoms with Crippen molar-refractivity contribution in [1.82, 2.24) is 14.5 Å². The van der Waals surface area contributed by atoms with Crippen LogP contribution in [0.25, 0.3) is 0 Å². The summed E-state index contributed by atoms with van der Waals surface area (Å²) in [6.45, 7) is 0.847. The molecule has 0 N–H and O–H groups in total. The Morgan fingerprint density at radius 2 is 2.22 bits per heavy atom. The van der Waals surface area contributed by atoms with Crippen LogP contribution in [0.3, 0.4) is 0 Å². The van der Waals surface area contributed by atoms with Gasteiger partial charge >= 0.3 is 0 Å². The largest absolute Gasteiger partial charge is 0.422 e. The lowest BCUT2D eigenvalue weighted by Gasteiger charge is -2.29. The van der Waals surface area contributed by atoms with Crippen molar-refractivity contribution < 1.29 is 17.6 Å². The Morgan fingerprint density at radius 1 is 1.39 bits per heavy atom. The Bertz CT molecular complexity index is 774. The molecule has 10 heteroatoms. The van der Waals surface area contributed by atoms with Crippen LogP contribution in [0.4, 0.5) is 0 Å². The van der Waals surface area contributed by atoms with E-state index in [4.69, 9.17) is 20.8 Å². The first-order valence-corrected chi connectivity index (χ1v) is 10.1. The molecule has 126 valence electrons. The molecule has 3 rings (SSSR count). The SMILES string of the molecule is CS(=O)(=O)N1CCO[C@H](c2nnc(CCc3ccc(Cl)s3)o2)C1. The van der Waals surface area contributed by atoms with Gasteiger partial charge in [-0.2, -0.15) is 4.31 Å². The van der Waals surface area contributed by atoms with Crippen LogP contribution in [0.1, 0.15) is 22.8 Å². The Hall–Kier alpha value is -1.00. The van der Waals surface area contributed by atoms with E-state index in [-0.39, 0.29) is 6.54 Å². The molecule has 0 bridgehead atoms. The molecule has 0 amide bonds. The minimum atomic E-state index is -3.25. The second-order valence-corrected chi connectivity index (χ2v) is 9.00. The predicted octanol–water partition coefficient (Wildman–Crippen LogP) is 1.90. The van der Waals surface area contributed by atoms with Crippen molar-refractivity contribution in [2.24, 2.45) is 0 Å². The lowest BCUT2D eigenvalue weighted by molar-refractivity contribution is -0.0176. The third kappa shape index (κ3) is 4.30. The quantitative estimate of drug-likeness (QED) is 0.791. The topological polar surface area (TPSA) is 85.5 Å². The van der Waals surface area contributed by atoms with Crippen molar-refractivity contribution in [2.45, 2.75) is 18.9 Å². The third-order valence-corrected chi connectivity index (χ3v) is 6.03. The van der Waals surface area contributed by atoms with Crippen LogP contribution in [-0.2, 0) is 27.6 Å². The molecule has 0 radical (unpaired) electrons. The molecule has 1 atom stereocenters. The number of halogens is 1. The number of nitrogens with zero attached hydrogens (tertiary/aromatic N) is 3. The molecule has 1 aliphatic rings. The van der Waals surface area contributed by atoms with Crippen molar-refractivity contribution in [3.05, 3.63) is 33.1 Å². The maximum absolute atomic E-state index is 11.6. The van der Waals surface area contributed by atoms with Gasteiger partial charge in [0.15, 0.2) is 0 Å². The summed E-state index contributed by atoms with van der Waals surface area (Å²) in [5.74, 6) is 0.821. The highest BCUT2D eigenvalue weighted by Crippen LogP contribution is 2.24. The normalized spacial score (nSPS) is 20.0. The molecule has 1 aliphatic heterocycles. The summed E-state index contributed by atoms with van der Waals surface area (Å²) in [7, 11) is -3.25. The minimum Gasteiger partial charge on any atom is -0.422 e. The molecular weight excluding hydrogens is 362 g/mol. The van der Waals surface area contributed by atoms with Gasteiger partial charge in [0.2, 0.25) is 21.8 Å². The number of rotatable bonds is 5. The van der Waals surface area contributed by atoms with Crippen LogP contribution < -0.4 is 0 Å². The number of thiophene rings is 1. The first-order valence-electron chi connectivity index (χ1n) is 7.05. The zero-order valence-electron chi connectivity index (χ0n) is 12.4. The van der Waals surface area contributed by atoms with Gasteiger partial charge in [-0.1, -0.05) is 11.6 Å². The molecule has 0 spiro atoms. The molecular formula is C13H16ClN3O4S2. The molecule has 7 nitrogen and oxygen atoms in total. The van der Waals surface area contributed by atoms with E-state index in [0.29, 0.717) is 31.4 Å². The molecule has 3 heterocycles. The highest BCUT2D eigenvalue weighted by Gasteiger charge is 2.30. The number of morpholine rings is 1. The monoisotopic (exact) mass is 377 g/mol. The van der Waals surface area contributed by atoms with Crippen molar-refractivity contribution in [1.29, 1.82) is 0 Å². The summed E-state index contributed by atoms with van der Waals surface area (Å²) >= 11 is 7.42. The van der Waals surface area contributed by atoms with Gasteiger partial charge in [0, 0.05) is 24.4 Å². The molecule has 1 fully saturated rings. The molecule has 0 aromatic carbocycles. The van der Waals surface area contributed by atoms with Crippen molar-refractivity contribution in [3.63, 3.8) is 0 Å². The van der Waals surface area contributed by atoms with Gasteiger partial charge in [-0.25, -0.2) is 8.42 Å². The van der Waals surface area contributed by atoms with Crippen LogP contribution in [0.2, 0.25) is 4.34 Å². The van der Waals surface area contributed by atoms with Crippen LogP contribution in [0.5, 0.6) is 0 Å². The fourth-order valence-corrected chi connectivity index (χ4v) is 4.19. The summed E-state index contributed by atoms with van der Waals surface area (Å²) in [4.78, 5) is 1.15. The van der Waals surface area contributed by atoms with E-state index in [0.717, 1.165) is 15.6 Å². The number of ether oxygens (including phenoxy) is 1. The van der Waals surface area contributed by atoms with E-state index in [1.165, 1.54) is 21.9 Å². The van der Waals surface area contributed by atoms with Crippen LogP contribution in [-0.4, -0.2) is 48.9 Å². The number of aryl methyl sites for hydroxylation is 2. The number of hydrogen-bond acceptors (Lipinski definition) is 7. The summed E-state index contributed by atoms with van der Waals surface area (Å²) in [6, 6.07) is 3.83. The van der Waals surface area contributed by atoms with Crippen molar-refractivity contribution in [3.8, 4) is 0 Å². The molecule has 23 heavy (non-hydrogen) atoms. The summed E-state index contributed by atoms with van der Waals surface area (Å²) < 4.78 is 36.5. The maximum atomic E-state index is 11.6. The molecule has 0 unspecified atom stereocenters. The van der Waals surface area contributed by atoms with Crippen molar-refractivity contribution in [2.75, 3.05) is 26.0 Å². The Morgan fingerprint density at radius 3 is 2.91 bits per heavy atom. The van der Waals surface area contributed by atoms with E-state index in [9.17, 15) is 8.42 Å². The van der Waals surface area contributed by atoms with E-state index >= 15 is 0 Å². The number of aromatic nitrogens is 2. The van der Waals surface area contributed by atoms with Crippen LogP contribution in [0, 0.1) is 0 Å². The van der Waals surface area contributed by atoms with Crippen LogP contribution in [0.15, 0.2) is 16.5 Å². The minimum absolute atomic E-state index is 0.195. The fourth-order valence-electron chi connectivity index (χ4n) is 2.29. The Balaban J connectivity index is 1.62. The summed E-state index contributed by atoms with van der Waals surface area (Å²) in [5, 5.41) is 8.00. The zero-order chi connectivity index (χ0) is 16.4. The molecule has 0 saturated carbocycles. The number of sulfonamides is 1. The van der Waals surface area contributed by atoms with Gasteiger partial charge in [-0.05, 0) is 18.6 Å². The highest BCUT2D eigenvalue weighted by atomic mass is 35.5. The Kier molecular flexibility index (Phi) is 5.02. The standard InChI is InChI=1S/C13H16ClN3O4S2/c1-23(18,19)17-6-7-20-10(8-17)13-16-15-12(21-13)5-3-9-2-4-11(14)22-9/h2,4,10H,3,5-8H2,1H3/t10-/m0/s1. The van der Waals surface area contributed by atoms with Gasteiger partial charge in [-0.15, -0.1) is 21.5 Å². The first-order chi connectivity index (χ1) is 10.9. The van der Waals surface area contributed by atoms with E-state index in [2.05, 4.69) is 10.2 Å². The van der Waals surface area contributed by atoms with Gasteiger partial charge in [0.05, 0.1) is 17.2 Å². The van der Waals surface area contributed by atoms with Crippen LogP contribution >= 0.6 is 22.9 Å². The second-order valence-electron chi connectivity index (χ2n) is 5.22. The molecule has 1 saturated heterocycles. The number of hydrogen-bond donors (Lipinski definition) is 0. The van der Waals surface area contributed by atoms with E-state index in [1.807, 2.05) is 12.1 Å². The highest BCUT2D eigenvalue weighted by molar-refractivity contribution is 7.88. The summed E-state index contributed by atoms with van der Waals surface area (Å²) in [5.41, 5.74) is 0. The lowest BCUT2D eigenvalue weighted by atomic mass is 10.3. The Labute approximate surface area is 143 Å². The third-order valence-electron chi connectivity index (χ3n) is 3.47. The lowest BCUT2D eigenvalue weighted by Crippen LogP contribution is -2.41. The van der Waals surface area contributed by atoms with Gasteiger partial charge in [0.1, 0.15) is 6.10 Å². The van der Waals surface area contributed by atoms with Gasteiger partial charge < -0.3 is 9.15 Å². The van der Waals surface area contributed by atoms with Gasteiger partial charge in [0.25, 0.3) is 0 Å². The molecule has 2 aromatic heterocycles. The average Bonchev–Trinajstić information content (AvgIpc) is 3.13. The zero-order valence-corrected chi connectivity index (χ0v) is 14.8. The van der Waals surface area contributed by atoms with Crippen molar-refractivity contribution >= 4 is 33.0 Å².